The molecule has 5 N–H and O–H groups in total. The molecular formula is C23H21N2O7P. The molecule has 0 aliphatic heterocycles. The van der Waals surface area contributed by atoms with Crippen LogP contribution in [0.2, 0.25) is 0 Å². The summed E-state index contributed by atoms with van der Waals surface area (Å²) in [5.41, 5.74) is 3.48. The van der Waals surface area contributed by atoms with Crippen molar-refractivity contribution in [2.45, 2.75) is 6.61 Å². The molecule has 9 nitrogen and oxygen atoms in total. The first-order valence-corrected chi connectivity index (χ1v) is 11.2. The largest absolute Gasteiger partial charge is 0.489 e. The van der Waals surface area contributed by atoms with Crippen LogP contribution in [0.3, 0.4) is 0 Å². The van der Waals surface area contributed by atoms with Crippen LogP contribution in [0.4, 0.5) is 0 Å². The van der Waals surface area contributed by atoms with Crippen molar-refractivity contribution in [3.63, 3.8) is 0 Å². The SMILES string of the molecule is O=C(O)c1cccc2nc(C=Cc3ccc(OCc4ccccc4)cc3)[nH]c12.O=P(O)(O)O. The molecule has 0 aliphatic carbocycles. The number of benzene rings is 3. The Hall–Kier alpha value is -3.75. The van der Waals surface area contributed by atoms with Gasteiger partial charge in [0.05, 0.1) is 16.6 Å². The smallest absolute Gasteiger partial charge is 0.466 e. The molecule has 3 aromatic carbocycles. The number of nitrogens with one attached hydrogen (secondary N) is 1. The Labute approximate surface area is 188 Å². The van der Waals surface area contributed by atoms with Gasteiger partial charge >= 0.3 is 13.8 Å². The third kappa shape index (κ3) is 7.71. The zero-order valence-corrected chi connectivity index (χ0v) is 18.1. The second-order valence-corrected chi connectivity index (χ2v) is 7.84. The first-order valence-electron chi connectivity index (χ1n) is 9.64. The number of fused-ring (bicyclic) bond motifs is 1. The average Bonchev–Trinajstić information content (AvgIpc) is 3.19. The van der Waals surface area contributed by atoms with Crippen molar-refractivity contribution in [1.29, 1.82) is 0 Å². The Morgan fingerprint density at radius 2 is 1.61 bits per heavy atom. The summed E-state index contributed by atoms with van der Waals surface area (Å²) < 4.78 is 14.7. The lowest BCUT2D eigenvalue weighted by Gasteiger charge is -2.06. The molecule has 4 aromatic rings. The molecule has 33 heavy (non-hydrogen) atoms. The molecule has 4 rings (SSSR count). The van der Waals surface area contributed by atoms with Gasteiger partial charge < -0.3 is 29.5 Å². The number of carboxylic acids is 1. The lowest BCUT2D eigenvalue weighted by molar-refractivity contribution is 0.0698. The normalized spacial score (nSPS) is 11.2. The lowest BCUT2D eigenvalue weighted by Crippen LogP contribution is -1.96. The summed E-state index contributed by atoms with van der Waals surface area (Å²) in [6.45, 7) is 0.529. The van der Waals surface area contributed by atoms with Gasteiger partial charge in [0.25, 0.3) is 0 Å². The Kier molecular flexibility index (Phi) is 7.76. The number of H-pyrrole nitrogens is 1. The maximum absolute atomic E-state index is 11.3. The predicted octanol–water partition coefficient (Wildman–Crippen LogP) is 4.08. The van der Waals surface area contributed by atoms with Crippen LogP contribution in [0.1, 0.15) is 27.3 Å². The van der Waals surface area contributed by atoms with Gasteiger partial charge in [-0.1, -0.05) is 54.6 Å². The van der Waals surface area contributed by atoms with Gasteiger partial charge in [0.1, 0.15) is 18.2 Å². The number of imidazole rings is 1. The third-order valence-electron chi connectivity index (χ3n) is 4.33. The van der Waals surface area contributed by atoms with E-state index in [4.69, 9.17) is 24.0 Å². The number of aromatic carboxylic acids is 1. The molecule has 0 spiro atoms. The van der Waals surface area contributed by atoms with Gasteiger partial charge in [-0.25, -0.2) is 14.3 Å². The Morgan fingerprint density at radius 3 is 2.24 bits per heavy atom. The predicted molar refractivity (Wildman–Crippen MR) is 123 cm³/mol. The number of rotatable bonds is 6. The summed E-state index contributed by atoms with van der Waals surface area (Å²) in [4.78, 5) is 40.3. The van der Waals surface area contributed by atoms with Gasteiger partial charge in [-0.2, -0.15) is 0 Å². The molecule has 0 aliphatic rings. The van der Waals surface area contributed by atoms with E-state index >= 15 is 0 Å². The zero-order chi connectivity index (χ0) is 23.8. The maximum atomic E-state index is 11.3. The molecule has 1 heterocycles. The molecule has 0 saturated heterocycles. The Balaban J connectivity index is 0.000000555. The number of nitrogens with zero attached hydrogens (tertiary/aromatic N) is 1. The van der Waals surface area contributed by atoms with E-state index in [9.17, 15) is 9.90 Å². The van der Waals surface area contributed by atoms with Crippen LogP contribution in [0.25, 0.3) is 23.2 Å². The van der Waals surface area contributed by atoms with Gasteiger partial charge in [-0.05, 0) is 41.5 Å². The van der Waals surface area contributed by atoms with Crippen LogP contribution in [0.5, 0.6) is 5.75 Å². The summed E-state index contributed by atoms with van der Waals surface area (Å²) >= 11 is 0. The quantitative estimate of drug-likeness (QED) is 0.265. The number of hydrogen-bond donors (Lipinski definition) is 5. The monoisotopic (exact) mass is 468 g/mol. The second kappa shape index (κ2) is 10.7. The van der Waals surface area contributed by atoms with Crippen LogP contribution in [-0.4, -0.2) is 35.7 Å². The Bertz CT molecular complexity index is 1290. The van der Waals surface area contributed by atoms with Crippen LogP contribution < -0.4 is 4.74 Å². The van der Waals surface area contributed by atoms with E-state index in [1.54, 1.807) is 18.2 Å². The molecule has 0 radical (unpaired) electrons. The number of para-hydroxylation sites is 1. The topological polar surface area (TPSA) is 153 Å². The first kappa shape index (κ1) is 23.9. The minimum Gasteiger partial charge on any atom is -0.489 e. The molecule has 0 fully saturated rings. The van der Waals surface area contributed by atoms with Crippen molar-refractivity contribution in [3.8, 4) is 5.75 Å². The second-order valence-electron chi connectivity index (χ2n) is 6.82. The third-order valence-corrected chi connectivity index (χ3v) is 4.33. The number of hydrogen-bond acceptors (Lipinski definition) is 4. The van der Waals surface area contributed by atoms with E-state index in [-0.39, 0.29) is 5.56 Å². The summed E-state index contributed by atoms with van der Waals surface area (Å²) in [7, 11) is -4.64. The molecule has 170 valence electrons. The van der Waals surface area contributed by atoms with Gasteiger partial charge in [0, 0.05) is 0 Å². The summed E-state index contributed by atoms with van der Waals surface area (Å²) in [5, 5.41) is 9.26. The van der Waals surface area contributed by atoms with Crippen molar-refractivity contribution in [3.05, 3.63) is 95.3 Å². The fraction of sp³-hybridized carbons (Fsp3) is 0.0435. The van der Waals surface area contributed by atoms with E-state index in [0.717, 1.165) is 16.9 Å². The standard InChI is InChI=1S/C23H18N2O3.H3O4P/c26-23(27)19-7-4-8-20-22(19)25-21(24-20)14-11-16-9-12-18(13-10-16)28-15-17-5-2-1-3-6-17;1-5(2,3)4/h1-14H,15H2,(H,24,25)(H,26,27);(H3,1,2,3,4). The number of aromatic nitrogens is 2. The number of ether oxygens (including phenoxy) is 1. The molecule has 0 atom stereocenters. The summed E-state index contributed by atoms with van der Waals surface area (Å²) in [6, 6.07) is 22.8. The summed E-state index contributed by atoms with van der Waals surface area (Å²) in [6.07, 6.45) is 3.74. The maximum Gasteiger partial charge on any atom is 0.466 e. The molecule has 0 unspecified atom stereocenters. The molecule has 0 bridgehead atoms. The van der Waals surface area contributed by atoms with E-state index in [1.165, 1.54) is 0 Å². The molecular weight excluding hydrogens is 447 g/mol. The molecule has 0 saturated carbocycles. The van der Waals surface area contributed by atoms with E-state index in [2.05, 4.69) is 9.97 Å². The van der Waals surface area contributed by atoms with Gasteiger partial charge in [0.15, 0.2) is 0 Å². The highest BCUT2D eigenvalue weighted by Crippen LogP contribution is 2.25. The van der Waals surface area contributed by atoms with Crippen LogP contribution in [0.15, 0.2) is 72.8 Å². The fourth-order valence-electron chi connectivity index (χ4n) is 2.90. The minimum absolute atomic E-state index is 0.213. The number of aromatic amines is 1. The highest BCUT2D eigenvalue weighted by molar-refractivity contribution is 7.45. The van der Waals surface area contributed by atoms with Gasteiger partial charge in [-0.15, -0.1) is 0 Å². The zero-order valence-electron chi connectivity index (χ0n) is 17.2. The van der Waals surface area contributed by atoms with Crippen molar-refractivity contribution < 1.29 is 33.9 Å². The van der Waals surface area contributed by atoms with Crippen LogP contribution in [-0.2, 0) is 11.2 Å². The van der Waals surface area contributed by atoms with Crippen LogP contribution in [0, 0.1) is 0 Å². The minimum atomic E-state index is -4.64. The summed E-state index contributed by atoms with van der Waals surface area (Å²) in [5.74, 6) is 0.430. The van der Waals surface area contributed by atoms with Gasteiger partial charge in [0.2, 0.25) is 0 Å². The van der Waals surface area contributed by atoms with Crippen molar-refractivity contribution in [2.75, 3.05) is 0 Å². The van der Waals surface area contributed by atoms with Crippen molar-refractivity contribution in [1.82, 2.24) is 9.97 Å². The Morgan fingerprint density at radius 1 is 0.939 bits per heavy atom. The van der Waals surface area contributed by atoms with E-state index < -0.39 is 13.8 Å². The van der Waals surface area contributed by atoms with Crippen LogP contribution >= 0.6 is 7.82 Å². The lowest BCUT2D eigenvalue weighted by atomic mass is 10.2. The van der Waals surface area contributed by atoms with Crippen molar-refractivity contribution >= 4 is 37.0 Å². The first-order chi connectivity index (χ1) is 15.7. The van der Waals surface area contributed by atoms with Gasteiger partial charge in [-0.3, -0.25) is 0 Å². The average molecular weight is 468 g/mol. The molecule has 10 heteroatoms. The highest BCUT2D eigenvalue weighted by Gasteiger charge is 2.10. The number of phosphoric acid groups is 1. The molecule has 0 amide bonds. The highest BCUT2D eigenvalue weighted by atomic mass is 31.2. The fourth-order valence-corrected chi connectivity index (χ4v) is 2.90. The van der Waals surface area contributed by atoms with E-state index in [1.807, 2.05) is 66.7 Å². The van der Waals surface area contributed by atoms with E-state index in [0.29, 0.717) is 23.5 Å². The molecule has 1 aromatic heterocycles. The number of carboxylic acid groups (broad SMARTS) is 1. The van der Waals surface area contributed by atoms with Crippen molar-refractivity contribution in [2.24, 2.45) is 0 Å². The number of carbonyl (C=O) groups is 1.